The van der Waals surface area contributed by atoms with E-state index in [4.69, 9.17) is 4.74 Å². The third kappa shape index (κ3) is 3.34. The van der Waals surface area contributed by atoms with Gasteiger partial charge in [-0.15, -0.1) is 0 Å². The fourth-order valence-corrected chi connectivity index (χ4v) is 6.11. The zero-order valence-corrected chi connectivity index (χ0v) is 21.7. The predicted molar refractivity (Wildman–Crippen MR) is 147 cm³/mol. The maximum absolute atomic E-state index is 6.98. The summed E-state index contributed by atoms with van der Waals surface area (Å²) in [6.07, 6.45) is 4.28. The van der Waals surface area contributed by atoms with Crippen LogP contribution in [0.2, 0.25) is 0 Å². The molecule has 0 saturated carbocycles. The van der Waals surface area contributed by atoms with E-state index >= 15 is 0 Å². The molecule has 0 fully saturated rings. The Bertz CT molecular complexity index is 1640. The van der Waals surface area contributed by atoms with Crippen molar-refractivity contribution < 1.29 is 9.30 Å². The summed E-state index contributed by atoms with van der Waals surface area (Å²) in [5.74, 6) is 3.17. The first kappa shape index (κ1) is 22.1. The number of hydrogen-bond donors (Lipinski definition) is 0. The monoisotopic (exact) mass is 460 g/mol. The number of rotatable bonds is 4. The SMILES string of the molecule is Cc1c2c(c(CC(C)C)c3ccccc13)Oc1cc3c(CC(C)C)cccc3c3cc[n+](C)c-2c13. The molecule has 1 aliphatic rings. The van der Waals surface area contributed by atoms with Gasteiger partial charge in [0.1, 0.15) is 18.5 Å². The summed E-state index contributed by atoms with van der Waals surface area (Å²) in [5, 5.41) is 7.78. The number of nitrogens with zero attached hydrogens (tertiary/aromatic N) is 1. The molecule has 0 aliphatic carbocycles. The van der Waals surface area contributed by atoms with E-state index in [-0.39, 0.29) is 0 Å². The molecule has 1 aliphatic heterocycles. The van der Waals surface area contributed by atoms with E-state index in [1.807, 2.05) is 0 Å². The van der Waals surface area contributed by atoms with Crippen LogP contribution in [0.1, 0.15) is 44.4 Å². The first-order valence-corrected chi connectivity index (χ1v) is 12.9. The Balaban J connectivity index is 1.77. The van der Waals surface area contributed by atoms with Crippen LogP contribution in [0, 0.1) is 18.8 Å². The molecule has 0 radical (unpaired) electrons. The minimum absolute atomic E-state index is 0.536. The summed E-state index contributed by atoms with van der Waals surface area (Å²) in [4.78, 5) is 0. The van der Waals surface area contributed by atoms with Gasteiger partial charge in [-0.05, 0) is 70.3 Å². The maximum atomic E-state index is 6.98. The summed E-state index contributed by atoms with van der Waals surface area (Å²) in [5.41, 5.74) is 6.54. The zero-order valence-electron chi connectivity index (χ0n) is 21.7. The second kappa shape index (κ2) is 8.09. The van der Waals surface area contributed by atoms with E-state index in [9.17, 15) is 0 Å². The largest absolute Gasteiger partial charge is 0.455 e. The molecule has 35 heavy (non-hydrogen) atoms. The molecule has 0 saturated heterocycles. The Morgan fingerprint density at radius 3 is 2.23 bits per heavy atom. The van der Waals surface area contributed by atoms with Gasteiger partial charge < -0.3 is 4.74 Å². The van der Waals surface area contributed by atoms with Crippen LogP contribution in [-0.2, 0) is 19.9 Å². The standard InChI is InChI=1S/C33H34NO/c1-19(2)16-22-10-9-13-25-26-14-15-34(6)32-30-21(5)23-11-7-8-12-24(23)28(17-20(3)4)33(30)35-29(31(26)32)18-27(22)25/h7-15,18-20H,16-17H2,1-6H3/q+1. The molecule has 176 valence electrons. The van der Waals surface area contributed by atoms with Crippen LogP contribution in [0.5, 0.6) is 11.5 Å². The van der Waals surface area contributed by atoms with Gasteiger partial charge in [0.25, 0.3) is 0 Å². The average Bonchev–Trinajstić information content (AvgIpc) is 2.83. The lowest BCUT2D eigenvalue weighted by Gasteiger charge is -2.26. The number of pyridine rings is 1. The quantitative estimate of drug-likeness (QED) is 0.190. The Labute approximate surface area is 208 Å². The highest BCUT2D eigenvalue weighted by molar-refractivity contribution is 6.16. The third-order valence-electron chi connectivity index (χ3n) is 7.55. The number of ether oxygens (including phenoxy) is 1. The highest BCUT2D eigenvalue weighted by atomic mass is 16.5. The molecule has 4 aromatic carbocycles. The second-order valence-electron chi connectivity index (χ2n) is 11.1. The van der Waals surface area contributed by atoms with Crippen LogP contribution in [0.3, 0.4) is 0 Å². The fourth-order valence-electron chi connectivity index (χ4n) is 6.11. The van der Waals surface area contributed by atoms with E-state index < -0.39 is 0 Å². The van der Waals surface area contributed by atoms with Gasteiger partial charge in [-0.3, -0.25) is 0 Å². The second-order valence-corrected chi connectivity index (χ2v) is 11.1. The van der Waals surface area contributed by atoms with Gasteiger partial charge in [-0.25, -0.2) is 4.57 Å². The van der Waals surface area contributed by atoms with Gasteiger partial charge in [-0.2, -0.15) is 0 Å². The van der Waals surface area contributed by atoms with Crippen molar-refractivity contribution in [3.63, 3.8) is 0 Å². The summed E-state index contributed by atoms with van der Waals surface area (Å²) < 4.78 is 9.27. The van der Waals surface area contributed by atoms with E-state index in [1.165, 1.54) is 60.3 Å². The van der Waals surface area contributed by atoms with Crippen molar-refractivity contribution in [2.45, 2.75) is 47.5 Å². The molecule has 0 N–H and O–H groups in total. The van der Waals surface area contributed by atoms with Crippen molar-refractivity contribution in [1.29, 1.82) is 0 Å². The minimum Gasteiger partial charge on any atom is -0.455 e. The van der Waals surface area contributed by atoms with Gasteiger partial charge in [0.15, 0.2) is 6.20 Å². The summed E-state index contributed by atoms with van der Waals surface area (Å²) in [6, 6.07) is 20.2. The minimum atomic E-state index is 0.536. The first-order valence-electron chi connectivity index (χ1n) is 12.9. The normalized spacial score (nSPS) is 12.7. The van der Waals surface area contributed by atoms with Crippen LogP contribution in [0.25, 0.3) is 43.6 Å². The Morgan fingerprint density at radius 1 is 0.771 bits per heavy atom. The topological polar surface area (TPSA) is 13.1 Å². The Kier molecular flexibility index (Phi) is 5.11. The van der Waals surface area contributed by atoms with Crippen LogP contribution < -0.4 is 9.30 Å². The van der Waals surface area contributed by atoms with Gasteiger partial charge in [0, 0.05) is 17.0 Å². The van der Waals surface area contributed by atoms with E-state index in [0.717, 1.165) is 24.3 Å². The molecule has 0 amide bonds. The van der Waals surface area contributed by atoms with Gasteiger partial charge in [0.05, 0.1) is 10.9 Å². The molecule has 2 nitrogen and oxygen atoms in total. The molecule has 0 bridgehead atoms. The summed E-state index contributed by atoms with van der Waals surface area (Å²) in [6.45, 7) is 11.4. The van der Waals surface area contributed by atoms with Crippen LogP contribution in [-0.4, -0.2) is 0 Å². The van der Waals surface area contributed by atoms with Crippen molar-refractivity contribution in [2.24, 2.45) is 18.9 Å². The number of aromatic nitrogens is 1. The van der Waals surface area contributed by atoms with Crippen LogP contribution >= 0.6 is 0 Å². The van der Waals surface area contributed by atoms with Crippen LogP contribution in [0.4, 0.5) is 0 Å². The molecule has 0 unspecified atom stereocenters. The van der Waals surface area contributed by atoms with E-state index in [1.54, 1.807) is 0 Å². The molecular weight excluding hydrogens is 426 g/mol. The van der Waals surface area contributed by atoms with Crippen molar-refractivity contribution in [3.05, 3.63) is 77.5 Å². The van der Waals surface area contributed by atoms with Gasteiger partial charge in [-0.1, -0.05) is 70.2 Å². The fraction of sp³-hybridized carbons (Fsp3) is 0.303. The van der Waals surface area contributed by atoms with Crippen molar-refractivity contribution >= 4 is 32.3 Å². The Hall–Kier alpha value is -3.39. The molecule has 6 rings (SSSR count). The summed E-state index contributed by atoms with van der Waals surface area (Å²) in [7, 11) is 2.17. The van der Waals surface area contributed by atoms with Gasteiger partial charge in [0.2, 0.25) is 5.69 Å². The highest BCUT2D eigenvalue weighted by Gasteiger charge is 2.33. The lowest BCUT2D eigenvalue weighted by atomic mass is 9.85. The molecule has 2 heteroatoms. The lowest BCUT2D eigenvalue weighted by molar-refractivity contribution is -0.659. The lowest BCUT2D eigenvalue weighted by Crippen LogP contribution is -2.32. The molecular formula is C33H34NO+. The average molecular weight is 461 g/mol. The van der Waals surface area contributed by atoms with E-state index in [0.29, 0.717) is 11.8 Å². The van der Waals surface area contributed by atoms with E-state index in [2.05, 4.69) is 107 Å². The molecule has 2 heterocycles. The molecule has 5 aromatic rings. The number of hydrogen-bond acceptors (Lipinski definition) is 1. The maximum Gasteiger partial charge on any atom is 0.228 e. The van der Waals surface area contributed by atoms with Crippen molar-refractivity contribution in [3.8, 4) is 22.8 Å². The first-order chi connectivity index (χ1) is 16.8. The molecule has 0 spiro atoms. The number of benzene rings is 4. The highest BCUT2D eigenvalue weighted by Crippen LogP contribution is 2.52. The Morgan fingerprint density at radius 2 is 1.49 bits per heavy atom. The zero-order chi connectivity index (χ0) is 24.4. The molecule has 1 aromatic heterocycles. The van der Waals surface area contributed by atoms with Crippen molar-refractivity contribution in [1.82, 2.24) is 0 Å². The smallest absolute Gasteiger partial charge is 0.228 e. The van der Waals surface area contributed by atoms with Crippen LogP contribution in [0.15, 0.2) is 60.8 Å². The van der Waals surface area contributed by atoms with Gasteiger partial charge >= 0.3 is 0 Å². The number of fused-ring (bicyclic) bond motifs is 5. The molecule has 0 atom stereocenters. The summed E-state index contributed by atoms with van der Waals surface area (Å²) >= 11 is 0. The third-order valence-corrected chi connectivity index (χ3v) is 7.55. The number of aryl methyl sites for hydroxylation is 2. The predicted octanol–water partition coefficient (Wildman–Crippen LogP) is 8.45. The van der Waals surface area contributed by atoms with Crippen molar-refractivity contribution in [2.75, 3.05) is 0 Å².